The molecular formula is C25H17FN2O3S3. The number of aromatic nitrogens is 1. The maximum atomic E-state index is 13.1. The van der Waals surface area contributed by atoms with Crippen LogP contribution in [0.4, 0.5) is 10.1 Å². The van der Waals surface area contributed by atoms with Crippen LogP contribution >= 0.6 is 23.1 Å². The fourth-order valence-corrected chi connectivity index (χ4v) is 6.48. The molecule has 9 heteroatoms. The SMILES string of the molecule is O=C(CSc1nc2ccc(NS(=O)(=O)c3ccc(F)cc3)cc2s1)c1ccc2ccccc2c1. The highest BCUT2D eigenvalue weighted by Gasteiger charge is 2.16. The van der Waals surface area contributed by atoms with Gasteiger partial charge in [0.2, 0.25) is 0 Å². The predicted octanol–water partition coefficient (Wildman–Crippen LogP) is 6.36. The minimum Gasteiger partial charge on any atom is -0.293 e. The molecule has 0 unspecified atom stereocenters. The van der Waals surface area contributed by atoms with E-state index in [1.165, 1.54) is 35.2 Å². The number of thioether (sulfide) groups is 1. The van der Waals surface area contributed by atoms with E-state index in [0.717, 1.165) is 37.5 Å². The van der Waals surface area contributed by atoms with Gasteiger partial charge in [-0.25, -0.2) is 17.8 Å². The lowest BCUT2D eigenvalue weighted by Gasteiger charge is -2.07. The van der Waals surface area contributed by atoms with Crippen molar-refractivity contribution in [2.24, 2.45) is 0 Å². The number of sulfonamides is 1. The van der Waals surface area contributed by atoms with Crippen LogP contribution in [0.2, 0.25) is 0 Å². The summed E-state index contributed by atoms with van der Waals surface area (Å²) in [5, 5.41) is 2.11. The number of fused-ring (bicyclic) bond motifs is 2. The molecule has 0 fully saturated rings. The Labute approximate surface area is 203 Å². The number of anilines is 1. The van der Waals surface area contributed by atoms with Gasteiger partial charge in [0, 0.05) is 5.56 Å². The monoisotopic (exact) mass is 508 g/mol. The molecule has 0 radical (unpaired) electrons. The van der Waals surface area contributed by atoms with Gasteiger partial charge in [-0.2, -0.15) is 0 Å². The summed E-state index contributed by atoms with van der Waals surface area (Å²) < 4.78 is 42.3. The topological polar surface area (TPSA) is 76.1 Å². The molecule has 0 aliphatic heterocycles. The molecule has 1 aromatic heterocycles. The van der Waals surface area contributed by atoms with E-state index in [1.54, 1.807) is 18.2 Å². The molecule has 4 aromatic carbocycles. The Hall–Kier alpha value is -3.27. The van der Waals surface area contributed by atoms with Crippen LogP contribution < -0.4 is 4.72 Å². The zero-order chi connectivity index (χ0) is 23.7. The van der Waals surface area contributed by atoms with Crippen LogP contribution in [0.15, 0.2) is 94.2 Å². The number of nitrogens with one attached hydrogen (secondary N) is 1. The first-order valence-electron chi connectivity index (χ1n) is 10.2. The van der Waals surface area contributed by atoms with Crippen LogP contribution in [0, 0.1) is 5.82 Å². The third-order valence-corrected chi connectivity index (χ3v) is 8.70. The number of hydrogen-bond acceptors (Lipinski definition) is 6. The van der Waals surface area contributed by atoms with E-state index in [-0.39, 0.29) is 16.4 Å². The number of thiazole rings is 1. The first kappa shape index (κ1) is 22.5. The fourth-order valence-electron chi connectivity index (χ4n) is 3.43. The molecule has 170 valence electrons. The average molecular weight is 509 g/mol. The second-order valence-corrected chi connectivity index (χ2v) is 11.4. The number of Topliss-reactive ketones (excluding diaryl/α,β-unsaturated/α-hetero) is 1. The molecule has 0 aliphatic carbocycles. The number of hydrogen-bond donors (Lipinski definition) is 1. The molecule has 0 bridgehead atoms. The molecule has 0 amide bonds. The first-order valence-corrected chi connectivity index (χ1v) is 13.5. The van der Waals surface area contributed by atoms with E-state index in [2.05, 4.69) is 9.71 Å². The van der Waals surface area contributed by atoms with E-state index >= 15 is 0 Å². The Kier molecular flexibility index (Phi) is 6.07. The molecule has 5 aromatic rings. The van der Waals surface area contributed by atoms with Gasteiger partial charge in [-0.05, 0) is 59.3 Å². The Morgan fingerprint density at radius 3 is 2.50 bits per heavy atom. The number of halogens is 1. The summed E-state index contributed by atoms with van der Waals surface area (Å²) >= 11 is 2.75. The average Bonchev–Trinajstić information content (AvgIpc) is 3.24. The maximum absolute atomic E-state index is 13.1. The van der Waals surface area contributed by atoms with Crippen molar-refractivity contribution >= 4 is 65.6 Å². The van der Waals surface area contributed by atoms with Crippen molar-refractivity contribution in [3.63, 3.8) is 0 Å². The number of ketones is 1. The Morgan fingerprint density at radius 1 is 0.941 bits per heavy atom. The largest absolute Gasteiger partial charge is 0.293 e. The molecular weight excluding hydrogens is 491 g/mol. The minimum atomic E-state index is -3.84. The molecule has 0 saturated heterocycles. The van der Waals surface area contributed by atoms with Crippen molar-refractivity contribution in [2.45, 2.75) is 9.24 Å². The highest BCUT2D eigenvalue weighted by molar-refractivity contribution is 8.01. The van der Waals surface area contributed by atoms with Gasteiger partial charge in [0.25, 0.3) is 10.0 Å². The number of carbonyl (C=O) groups is 1. The van der Waals surface area contributed by atoms with Crippen LogP contribution in [-0.2, 0) is 10.0 Å². The molecule has 1 heterocycles. The molecule has 0 saturated carbocycles. The van der Waals surface area contributed by atoms with Crippen LogP contribution in [0.25, 0.3) is 21.0 Å². The molecule has 0 atom stereocenters. The third-order valence-electron chi connectivity index (χ3n) is 5.14. The third kappa shape index (κ3) is 4.82. The van der Waals surface area contributed by atoms with E-state index in [0.29, 0.717) is 11.3 Å². The second-order valence-electron chi connectivity index (χ2n) is 7.50. The van der Waals surface area contributed by atoms with Gasteiger partial charge in [-0.15, -0.1) is 11.3 Å². The van der Waals surface area contributed by atoms with Gasteiger partial charge < -0.3 is 0 Å². The lowest BCUT2D eigenvalue weighted by atomic mass is 10.1. The Balaban J connectivity index is 1.29. The van der Waals surface area contributed by atoms with Crippen molar-refractivity contribution in [1.82, 2.24) is 4.98 Å². The van der Waals surface area contributed by atoms with Gasteiger partial charge in [-0.1, -0.05) is 48.2 Å². The summed E-state index contributed by atoms with van der Waals surface area (Å²) in [6.45, 7) is 0. The van der Waals surface area contributed by atoms with Crippen LogP contribution in [0.1, 0.15) is 10.4 Å². The van der Waals surface area contributed by atoms with Crippen molar-refractivity contribution in [3.8, 4) is 0 Å². The molecule has 0 aliphatic rings. The maximum Gasteiger partial charge on any atom is 0.261 e. The van der Waals surface area contributed by atoms with Crippen molar-refractivity contribution in [2.75, 3.05) is 10.5 Å². The Bertz CT molecular complexity index is 1630. The van der Waals surface area contributed by atoms with E-state index < -0.39 is 15.8 Å². The van der Waals surface area contributed by atoms with Gasteiger partial charge in [-0.3, -0.25) is 9.52 Å². The van der Waals surface area contributed by atoms with E-state index in [4.69, 9.17) is 0 Å². The summed E-state index contributed by atoms with van der Waals surface area (Å²) in [5.74, 6) is -0.237. The lowest BCUT2D eigenvalue weighted by molar-refractivity contribution is 0.102. The van der Waals surface area contributed by atoms with Gasteiger partial charge in [0.1, 0.15) is 5.82 Å². The van der Waals surface area contributed by atoms with Crippen molar-refractivity contribution < 1.29 is 17.6 Å². The standard InChI is InChI=1S/C25H17FN2O3S3/c26-19-7-10-21(11-8-19)34(30,31)28-20-9-12-22-24(14-20)33-25(27-22)32-15-23(29)18-6-5-16-3-1-2-4-17(16)13-18/h1-14,28H,15H2. The fraction of sp³-hybridized carbons (Fsp3) is 0.0400. The summed E-state index contributed by atoms with van der Waals surface area (Å²) in [4.78, 5) is 17.2. The quantitative estimate of drug-likeness (QED) is 0.204. The molecule has 5 nitrogen and oxygen atoms in total. The van der Waals surface area contributed by atoms with Crippen LogP contribution in [-0.4, -0.2) is 24.9 Å². The lowest BCUT2D eigenvalue weighted by Crippen LogP contribution is -2.12. The van der Waals surface area contributed by atoms with E-state index in [1.807, 2.05) is 42.5 Å². The number of carbonyl (C=O) groups excluding carboxylic acids is 1. The highest BCUT2D eigenvalue weighted by atomic mass is 32.2. The Morgan fingerprint density at radius 2 is 1.71 bits per heavy atom. The first-order chi connectivity index (χ1) is 16.4. The number of benzene rings is 4. The number of rotatable bonds is 7. The molecule has 0 spiro atoms. The van der Waals surface area contributed by atoms with E-state index in [9.17, 15) is 17.6 Å². The van der Waals surface area contributed by atoms with Gasteiger partial charge in [0.15, 0.2) is 10.1 Å². The summed E-state index contributed by atoms with van der Waals surface area (Å²) in [6, 6.07) is 23.2. The van der Waals surface area contributed by atoms with Crippen molar-refractivity contribution in [1.29, 1.82) is 0 Å². The zero-order valence-electron chi connectivity index (χ0n) is 17.6. The predicted molar refractivity (Wildman–Crippen MR) is 136 cm³/mol. The zero-order valence-corrected chi connectivity index (χ0v) is 20.0. The number of nitrogens with zero attached hydrogens (tertiary/aromatic N) is 1. The summed E-state index contributed by atoms with van der Waals surface area (Å²) in [6.07, 6.45) is 0. The van der Waals surface area contributed by atoms with Gasteiger partial charge in [0.05, 0.1) is 26.6 Å². The van der Waals surface area contributed by atoms with Crippen LogP contribution in [0.5, 0.6) is 0 Å². The summed E-state index contributed by atoms with van der Waals surface area (Å²) in [5.41, 5.74) is 1.75. The second kappa shape index (κ2) is 9.17. The van der Waals surface area contributed by atoms with Crippen LogP contribution in [0.3, 0.4) is 0 Å². The smallest absolute Gasteiger partial charge is 0.261 e. The molecule has 5 rings (SSSR count). The molecule has 34 heavy (non-hydrogen) atoms. The van der Waals surface area contributed by atoms with Crippen molar-refractivity contribution in [3.05, 3.63) is 96.3 Å². The highest BCUT2D eigenvalue weighted by Crippen LogP contribution is 2.32. The summed E-state index contributed by atoms with van der Waals surface area (Å²) in [7, 11) is -3.84. The molecule has 1 N–H and O–H groups in total. The normalized spacial score (nSPS) is 11.7. The minimum absolute atomic E-state index is 0.0164. The van der Waals surface area contributed by atoms with Gasteiger partial charge >= 0.3 is 0 Å².